The van der Waals surface area contributed by atoms with Crippen molar-refractivity contribution >= 4 is 5.97 Å². The summed E-state index contributed by atoms with van der Waals surface area (Å²) < 4.78 is 5.18. The first kappa shape index (κ1) is 11.5. The Kier molecular flexibility index (Phi) is 3.62. The van der Waals surface area contributed by atoms with Crippen LogP contribution in [0.25, 0.3) is 10.4 Å². The number of azide groups is 1. The highest BCUT2D eigenvalue weighted by Crippen LogP contribution is 2.31. The maximum Gasteiger partial charge on any atom is 0.309 e. The van der Waals surface area contributed by atoms with E-state index in [4.69, 9.17) is 10.3 Å². The van der Waals surface area contributed by atoms with E-state index < -0.39 is 0 Å². The molecule has 0 saturated heterocycles. The van der Waals surface area contributed by atoms with Gasteiger partial charge in [0.15, 0.2) is 0 Å². The van der Waals surface area contributed by atoms with Crippen molar-refractivity contribution in [3.05, 3.63) is 46.3 Å². The molecule has 1 fully saturated rings. The molecule has 1 aliphatic rings. The number of rotatable bonds is 4. The van der Waals surface area contributed by atoms with Crippen LogP contribution >= 0.6 is 0 Å². The van der Waals surface area contributed by atoms with E-state index in [0.717, 1.165) is 5.56 Å². The Hall–Kier alpha value is -2.00. The summed E-state index contributed by atoms with van der Waals surface area (Å²) in [7, 11) is 0. The van der Waals surface area contributed by atoms with Gasteiger partial charge in [0, 0.05) is 11.0 Å². The van der Waals surface area contributed by atoms with Crippen LogP contribution in [0.15, 0.2) is 35.4 Å². The number of ether oxygens (including phenoxy) is 1. The van der Waals surface area contributed by atoms with Crippen LogP contribution in [0.4, 0.5) is 0 Å². The highest BCUT2D eigenvalue weighted by Gasteiger charge is 2.34. The maximum atomic E-state index is 11.6. The molecule has 0 amide bonds. The van der Waals surface area contributed by atoms with E-state index in [1.165, 1.54) is 0 Å². The largest absolute Gasteiger partial charge is 0.461 e. The minimum Gasteiger partial charge on any atom is -0.461 e. The highest BCUT2D eigenvalue weighted by atomic mass is 16.5. The van der Waals surface area contributed by atoms with Crippen molar-refractivity contribution in [2.24, 2.45) is 11.0 Å². The van der Waals surface area contributed by atoms with Crippen molar-refractivity contribution < 1.29 is 9.53 Å². The SMILES string of the molecule is [N-]=[N+]=NC1CC(C(=O)OCc2ccccc2)C1. The van der Waals surface area contributed by atoms with Crippen molar-refractivity contribution in [2.45, 2.75) is 25.5 Å². The van der Waals surface area contributed by atoms with E-state index >= 15 is 0 Å². The van der Waals surface area contributed by atoms with Gasteiger partial charge in [0.2, 0.25) is 0 Å². The van der Waals surface area contributed by atoms with E-state index in [9.17, 15) is 4.79 Å². The topological polar surface area (TPSA) is 75.1 Å². The van der Waals surface area contributed by atoms with Gasteiger partial charge < -0.3 is 4.74 Å². The smallest absolute Gasteiger partial charge is 0.309 e. The van der Waals surface area contributed by atoms with Crippen molar-refractivity contribution in [2.75, 3.05) is 0 Å². The van der Waals surface area contributed by atoms with Crippen LogP contribution in [0.3, 0.4) is 0 Å². The molecule has 0 radical (unpaired) electrons. The minimum absolute atomic E-state index is 0.0331. The number of nitrogens with zero attached hydrogens (tertiary/aromatic N) is 3. The summed E-state index contributed by atoms with van der Waals surface area (Å²) in [5.41, 5.74) is 9.20. The van der Waals surface area contributed by atoms with Crippen LogP contribution in [-0.2, 0) is 16.1 Å². The zero-order valence-corrected chi connectivity index (χ0v) is 9.32. The van der Waals surface area contributed by atoms with Gasteiger partial charge in [-0.15, -0.1) is 0 Å². The van der Waals surface area contributed by atoms with Gasteiger partial charge in [0.05, 0.1) is 5.92 Å². The van der Waals surface area contributed by atoms with E-state index in [1.54, 1.807) is 0 Å². The average Bonchev–Trinajstić information content (AvgIpc) is 2.31. The van der Waals surface area contributed by atoms with E-state index in [1.807, 2.05) is 30.3 Å². The Balaban J connectivity index is 1.74. The molecule has 17 heavy (non-hydrogen) atoms. The predicted octanol–water partition coefficient (Wildman–Crippen LogP) is 2.82. The summed E-state index contributed by atoms with van der Waals surface area (Å²) >= 11 is 0. The summed E-state index contributed by atoms with van der Waals surface area (Å²) in [4.78, 5) is 14.3. The summed E-state index contributed by atoms with van der Waals surface area (Å²) in [5, 5.41) is 3.55. The average molecular weight is 231 g/mol. The van der Waals surface area contributed by atoms with Crippen LogP contribution in [0.5, 0.6) is 0 Å². The molecule has 88 valence electrons. The zero-order valence-electron chi connectivity index (χ0n) is 9.32. The second-order valence-corrected chi connectivity index (χ2v) is 4.12. The van der Waals surface area contributed by atoms with Gasteiger partial charge >= 0.3 is 5.97 Å². The number of hydrogen-bond acceptors (Lipinski definition) is 3. The van der Waals surface area contributed by atoms with Crippen molar-refractivity contribution in [3.8, 4) is 0 Å². The predicted molar refractivity (Wildman–Crippen MR) is 61.9 cm³/mol. The Bertz CT molecular complexity index is 434. The lowest BCUT2D eigenvalue weighted by molar-refractivity contribution is -0.153. The number of benzene rings is 1. The molecular weight excluding hydrogens is 218 g/mol. The fourth-order valence-electron chi connectivity index (χ4n) is 1.79. The first-order valence-electron chi connectivity index (χ1n) is 5.54. The van der Waals surface area contributed by atoms with Gasteiger partial charge in [-0.3, -0.25) is 4.79 Å². The second-order valence-electron chi connectivity index (χ2n) is 4.12. The lowest BCUT2D eigenvalue weighted by Gasteiger charge is -2.29. The number of carbonyl (C=O) groups is 1. The molecule has 5 heteroatoms. The van der Waals surface area contributed by atoms with Crippen LogP contribution in [0.2, 0.25) is 0 Å². The Morgan fingerprint density at radius 3 is 2.76 bits per heavy atom. The third-order valence-electron chi connectivity index (χ3n) is 2.89. The fraction of sp³-hybridized carbons (Fsp3) is 0.417. The van der Waals surface area contributed by atoms with Gasteiger partial charge in [0.1, 0.15) is 6.61 Å². The molecule has 0 bridgehead atoms. The van der Waals surface area contributed by atoms with Gasteiger partial charge in [-0.25, -0.2) is 0 Å². The second kappa shape index (κ2) is 5.37. The van der Waals surface area contributed by atoms with Crippen molar-refractivity contribution in [1.82, 2.24) is 0 Å². The molecule has 5 nitrogen and oxygen atoms in total. The quantitative estimate of drug-likeness (QED) is 0.346. The minimum atomic E-state index is -0.196. The third-order valence-corrected chi connectivity index (χ3v) is 2.89. The van der Waals surface area contributed by atoms with Gasteiger partial charge in [0.25, 0.3) is 0 Å². The Morgan fingerprint density at radius 1 is 1.41 bits per heavy atom. The number of hydrogen-bond donors (Lipinski definition) is 0. The molecule has 1 aromatic rings. The monoisotopic (exact) mass is 231 g/mol. The molecule has 1 aromatic carbocycles. The lowest BCUT2D eigenvalue weighted by atomic mass is 9.81. The summed E-state index contributed by atoms with van der Waals surface area (Å²) in [6.07, 6.45) is 1.22. The summed E-state index contributed by atoms with van der Waals surface area (Å²) in [5.74, 6) is -0.299. The number of carbonyl (C=O) groups excluding carboxylic acids is 1. The molecule has 0 atom stereocenters. The van der Waals surface area contributed by atoms with Gasteiger partial charge in [-0.1, -0.05) is 35.4 Å². The van der Waals surface area contributed by atoms with Crippen LogP contribution < -0.4 is 0 Å². The van der Waals surface area contributed by atoms with Gasteiger partial charge in [-0.2, -0.15) is 0 Å². The third kappa shape index (κ3) is 2.98. The molecule has 0 N–H and O–H groups in total. The van der Waals surface area contributed by atoms with Crippen molar-refractivity contribution in [3.63, 3.8) is 0 Å². The van der Waals surface area contributed by atoms with Gasteiger partial charge in [-0.05, 0) is 23.9 Å². The van der Waals surface area contributed by atoms with E-state index in [0.29, 0.717) is 19.4 Å². The standard InChI is InChI=1S/C12H13N3O2/c13-15-14-11-6-10(7-11)12(16)17-8-9-4-2-1-3-5-9/h1-5,10-11H,6-8H2. The maximum absolute atomic E-state index is 11.6. The molecule has 0 heterocycles. The molecule has 0 spiro atoms. The molecule has 1 saturated carbocycles. The lowest BCUT2D eigenvalue weighted by Crippen LogP contribution is -2.34. The van der Waals surface area contributed by atoms with E-state index in [2.05, 4.69) is 10.0 Å². The Labute approximate surface area is 99.0 Å². The van der Waals surface area contributed by atoms with Crippen LogP contribution in [0.1, 0.15) is 18.4 Å². The summed E-state index contributed by atoms with van der Waals surface area (Å²) in [6.45, 7) is 0.308. The summed E-state index contributed by atoms with van der Waals surface area (Å²) in [6, 6.07) is 9.53. The first-order valence-corrected chi connectivity index (χ1v) is 5.54. The van der Waals surface area contributed by atoms with E-state index in [-0.39, 0.29) is 17.9 Å². The Morgan fingerprint density at radius 2 is 2.12 bits per heavy atom. The molecule has 0 aliphatic heterocycles. The molecular formula is C12H13N3O2. The van der Waals surface area contributed by atoms with Crippen molar-refractivity contribution in [1.29, 1.82) is 0 Å². The fourth-order valence-corrected chi connectivity index (χ4v) is 1.79. The van der Waals surface area contributed by atoms with Crippen LogP contribution in [-0.4, -0.2) is 12.0 Å². The first-order chi connectivity index (χ1) is 8.29. The molecule has 1 aliphatic carbocycles. The molecule has 0 unspecified atom stereocenters. The molecule has 0 aromatic heterocycles. The normalized spacial score (nSPS) is 22.1. The highest BCUT2D eigenvalue weighted by molar-refractivity contribution is 5.73. The number of esters is 1. The van der Waals surface area contributed by atoms with Crippen LogP contribution in [0, 0.1) is 5.92 Å². The molecule has 2 rings (SSSR count). The zero-order chi connectivity index (χ0) is 12.1.